The molecule has 0 radical (unpaired) electrons. The summed E-state index contributed by atoms with van der Waals surface area (Å²) in [4.78, 5) is 11.5. The zero-order chi connectivity index (χ0) is 8.77. The highest BCUT2D eigenvalue weighted by Gasteiger charge is 2.52. The first-order chi connectivity index (χ1) is 5.69. The number of halogens is 1. The molecule has 0 aromatic rings. The molecule has 0 N–H and O–H groups in total. The molecule has 1 unspecified atom stereocenters. The Morgan fingerprint density at radius 1 is 1.75 bits per heavy atom. The van der Waals surface area contributed by atoms with E-state index < -0.39 is 5.60 Å². The summed E-state index contributed by atoms with van der Waals surface area (Å²) in [5.41, 5.74) is -0.666. The van der Waals surface area contributed by atoms with Gasteiger partial charge in [0.1, 0.15) is 10.2 Å². The molecule has 1 heterocycles. The van der Waals surface area contributed by atoms with Gasteiger partial charge in [-0.2, -0.15) is 0 Å². The number of ketones is 1. The second-order valence-electron chi connectivity index (χ2n) is 2.72. The van der Waals surface area contributed by atoms with Crippen LogP contribution >= 0.6 is 15.9 Å². The maximum absolute atomic E-state index is 11.5. The molecule has 4 heteroatoms. The van der Waals surface area contributed by atoms with Gasteiger partial charge in [-0.15, -0.1) is 0 Å². The Morgan fingerprint density at radius 3 is 2.92 bits per heavy atom. The molecule has 1 atom stereocenters. The van der Waals surface area contributed by atoms with Crippen molar-refractivity contribution in [1.82, 2.24) is 0 Å². The second-order valence-corrected chi connectivity index (χ2v) is 3.52. The van der Waals surface area contributed by atoms with Crippen molar-refractivity contribution in [1.29, 1.82) is 0 Å². The highest BCUT2D eigenvalue weighted by molar-refractivity contribution is 9.12. The minimum Gasteiger partial charge on any atom is -0.495 e. The summed E-state index contributed by atoms with van der Waals surface area (Å²) >= 11 is 3.17. The van der Waals surface area contributed by atoms with Crippen LogP contribution in [0, 0.1) is 0 Å². The van der Waals surface area contributed by atoms with Gasteiger partial charge in [0.2, 0.25) is 5.78 Å². The molecule has 12 heavy (non-hydrogen) atoms. The normalized spacial score (nSPS) is 33.0. The minimum absolute atomic E-state index is 0.0538. The molecule has 0 bridgehead atoms. The second kappa shape index (κ2) is 2.44. The average molecular weight is 231 g/mol. The Morgan fingerprint density at radius 2 is 2.42 bits per heavy atom. The van der Waals surface area contributed by atoms with E-state index in [0.717, 1.165) is 0 Å². The molecule has 1 aliphatic heterocycles. The summed E-state index contributed by atoms with van der Waals surface area (Å²) in [6, 6.07) is 0. The van der Waals surface area contributed by atoms with Crippen LogP contribution in [0.15, 0.2) is 22.4 Å². The quantitative estimate of drug-likeness (QED) is 0.635. The SMILES string of the molecule is COC1=C(Br)C(=O)C2(C=C1)CO2. The van der Waals surface area contributed by atoms with Crippen LogP contribution in [0.1, 0.15) is 0 Å². The fraction of sp³-hybridized carbons (Fsp3) is 0.375. The predicted octanol–water partition coefficient (Wildman–Crippen LogP) is 1.15. The Labute approximate surface area is 78.2 Å². The highest BCUT2D eigenvalue weighted by atomic mass is 79.9. The molecular formula is C8H7BrO3. The maximum atomic E-state index is 11.5. The summed E-state index contributed by atoms with van der Waals surface area (Å²) in [7, 11) is 1.53. The highest BCUT2D eigenvalue weighted by Crippen LogP contribution is 2.38. The first-order valence-corrected chi connectivity index (χ1v) is 4.31. The van der Waals surface area contributed by atoms with Crippen molar-refractivity contribution in [3.8, 4) is 0 Å². The van der Waals surface area contributed by atoms with Gasteiger partial charge in [0.25, 0.3) is 0 Å². The van der Waals surface area contributed by atoms with E-state index >= 15 is 0 Å². The van der Waals surface area contributed by atoms with Crippen molar-refractivity contribution in [3.63, 3.8) is 0 Å². The van der Waals surface area contributed by atoms with Crippen molar-refractivity contribution in [3.05, 3.63) is 22.4 Å². The van der Waals surface area contributed by atoms with E-state index in [1.165, 1.54) is 7.11 Å². The molecule has 0 aromatic heterocycles. The van der Waals surface area contributed by atoms with Gasteiger partial charge in [-0.1, -0.05) is 0 Å². The summed E-state index contributed by atoms with van der Waals surface area (Å²) < 4.78 is 10.5. The Hall–Kier alpha value is -0.610. The van der Waals surface area contributed by atoms with Crippen LogP contribution < -0.4 is 0 Å². The number of epoxide rings is 1. The number of hydrogen-bond donors (Lipinski definition) is 0. The van der Waals surface area contributed by atoms with Gasteiger partial charge in [-0.25, -0.2) is 0 Å². The number of carbonyl (C=O) groups excluding carboxylic acids is 1. The molecule has 1 aliphatic carbocycles. The molecule has 3 nitrogen and oxygen atoms in total. The maximum Gasteiger partial charge on any atom is 0.211 e. The van der Waals surface area contributed by atoms with Gasteiger partial charge in [-0.05, 0) is 28.1 Å². The lowest BCUT2D eigenvalue weighted by Gasteiger charge is -2.13. The van der Waals surface area contributed by atoms with E-state index in [4.69, 9.17) is 9.47 Å². The first kappa shape index (κ1) is 8.01. The number of rotatable bonds is 1. The third-order valence-corrected chi connectivity index (χ3v) is 2.73. The number of methoxy groups -OCH3 is 1. The smallest absolute Gasteiger partial charge is 0.211 e. The van der Waals surface area contributed by atoms with Crippen LogP contribution in [0.4, 0.5) is 0 Å². The van der Waals surface area contributed by atoms with Crippen LogP contribution in [0.2, 0.25) is 0 Å². The van der Waals surface area contributed by atoms with Gasteiger partial charge in [0, 0.05) is 0 Å². The molecular weight excluding hydrogens is 224 g/mol. The van der Waals surface area contributed by atoms with Gasteiger partial charge in [0.05, 0.1) is 13.7 Å². The summed E-state index contributed by atoms with van der Waals surface area (Å²) in [6.45, 7) is 0.481. The van der Waals surface area contributed by atoms with Crippen LogP contribution in [0.25, 0.3) is 0 Å². The molecule has 0 aromatic carbocycles. The molecule has 2 aliphatic rings. The van der Waals surface area contributed by atoms with Gasteiger partial charge >= 0.3 is 0 Å². The number of ether oxygens (including phenoxy) is 2. The van der Waals surface area contributed by atoms with Gasteiger partial charge in [-0.3, -0.25) is 4.79 Å². The minimum atomic E-state index is -0.666. The van der Waals surface area contributed by atoms with E-state index in [9.17, 15) is 4.79 Å². The fourth-order valence-electron chi connectivity index (χ4n) is 1.12. The number of Topliss-reactive ketones (excluding diaryl/α,β-unsaturated/α-hetero) is 1. The molecule has 1 fully saturated rings. The average Bonchev–Trinajstić information content (AvgIpc) is 2.83. The molecule has 64 valence electrons. The fourth-order valence-corrected chi connectivity index (χ4v) is 1.75. The zero-order valence-corrected chi connectivity index (χ0v) is 8.05. The van der Waals surface area contributed by atoms with Crippen LogP contribution in [0.3, 0.4) is 0 Å². The molecule has 1 saturated heterocycles. The van der Waals surface area contributed by atoms with E-state index in [1.807, 2.05) is 0 Å². The lowest BCUT2D eigenvalue weighted by atomic mass is 10.00. The Kier molecular flexibility index (Phi) is 1.63. The standard InChI is InChI=1S/C8H7BrO3/c1-11-5-2-3-8(4-12-8)7(10)6(5)9/h2-3H,4H2,1H3. The summed E-state index contributed by atoms with van der Waals surface area (Å²) in [5.74, 6) is 0.503. The Balaban J connectivity index is 2.37. The lowest BCUT2D eigenvalue weighted by Crippen LogP contribution is -2.25. The summed E-state index contributed by atoms with van der Waals surface area (Å²) in [5, 5.41) is 0. The number of carbonyl (C=O) groups is 1. The van der Waals surface area contributed by atoms with Crippen molar-refractivity contribution in [2.75, 3.05) is 13.7 Å². The van der Waals surface area contributed by atoms with E-state index in [1.54, 1.807) is 12.2 Å². The number of hydrogen-bond acceptors (Lipinski definition) is 3. The van der Waals surface area contributed by atoms with E-state index in [2.05, 4.69) is 15.9 Å². The van der Waals surface area contributed by atoms with Crippen molar-refractivity contribution < 1.29 is 14.3 Å². The third-order valence-electron chi connectivity index (χ3n) is 1.98. The van der Waals surface area contributed by atoms with Gasteiger partial charge < -0.3 is 9.47 Å². The summed E-state index contributed by atoms with van der Waals surface area (Å²) in [6.07, 6.45) is 3.48. The van der Waals surface area contributed by atoms with Crippen molar-refractivity contribution in [2.24, 2.45) is 0 Å². The van der Waals surface area contributed by atoms with Crippen LogP contribution in [-0.2, 0) is 14.3 Å². The molecule has 0 amide bonds. The van der Waals surface area contributed by atoms with E-state index in [0.29, 0.717) is 16.8 Å². The topological polar surface area (TPSA) is 38.8 Å². The first-order valence-electron chi connectivity index (χ1n) is 3.51. The van der Waals surface area contributed by atoms with Crippen LogP contribution in [0.5, 0.6) is 0 Å². The van der Waals surface area contributed by atoms with Gasteiger partial charge in [0.15, 0.2) is 5.60 Å². The van der Waals surface area contributed by atoms with Crippen LogP contribution in [-0.4, -0.2) is 25.1 Å². The van der Waals surface area contributed by atoms with Crippen molar-refractivity contribution in [2.45, 2.75) is 5.60 Å². The molecule has 1 spiro atoms. The monoisotopic (exact) mass is 230 g/mol. The molecule has 0 saturated carbocycles. The third kappa shape index (κ3) is 0.949. The molecule has 2 rings (SSSR count). The zero-order valence-electron chi connectivity index (χ0n) is 6.46. The Bertz CT molecular complexity index is 299. The lowest BCUT2D eigenvalue weighted by molar-refractivity contribution is -0.118. The number of allylic oxidation sites excluding steroid dienone is 1. The largest absolute Gasteiger partial charge is 0.495 e. The van der Waals surface area contributed by atoms with E-state index in [-0.39, 0.29) is 5.78 Å². The van der Waals surface area contributed by atoms with Crippen molar-refractivity contribution >= 4 is 21.7 Å². The predicted molar refractivity (Wildman–Crippen MR) is 45.8 cm³/mol.